The van der Waals surface area contributed by atoms with Gasteiger partial charge in [-0.3, -0.25) is 4.79 Å². The van der Waals surface area contributed by atoms with Gasteiger partial charge < -0.3 is 14.9 Å². The Bertz CT molecular complexity index is 327. The Morgan fingerprint density at radius 3 is 2.59 bits per heavy atom. The van der Waals surface area contributed by atoms with Crippen LogP contribution in [0.15, 0.2) is 12.2 Å². The zero-order valence-electron chi connectivity index (χ0n) is 13.9. The number of epoxide rings is 1. The van der Waals surface area contributed by atoms with Gasteiger partial charge in [-0.1, -0.05) is 57.6 Å². The summed E-state index contributed by atoms with van der Waals surface area (Å²) in [6.45, 7) is 2.20. The quantitative estimate of drug-likeness (QED) is 0.288. The van der Waals surface area contributed by atoms with Crippen LogP contribution in [0.1, 0.15) is 77.6 Å². The molecular formula is C18H32O4. The maximum atomic E-state index is 10.4. The second-order valence-corrected chi connectivity index (χ2v) is 6.26. The second-order valence-electron chi connectivity index (χ2n) is 6.26. The van der Waals surface area contributed by atoms with E-state index in [9.17, 15) is 9.90 Å². The van der Waals surface area contributed by atoms with Crippen molar-refractivity contribution in [2.45, 2.75) is 95.9 Å². The van der Waals surface area contributed by atoms with Crippen molar-refractivity contribution in [2.75, 3.05) is 0 Å². The number of hydrogen-bond donors (Lipinski definition) is 2. The molecule has 3 atom stereocenters. The van der Waals surface area contributed by atoms with Crippen LogP contribution in [0.3, 0.4) is 0 Å². The zero-order valence-corrected chi connectivity index (χ0v) is 13.9. The van der Waals surface area contributed by atoms with Gasteiger partial charge in [0.2, 0.25) is 0 Å². The molecule has 128 valence electrons. The van der Waals surface area contributed by atoms with E-state index in [0.29, 0.717) is 0 Å². The first kappa shape index (κ1) is 19.2. The van der Waals surface area contributed by atoms with Crippen molar-refractivity contribution in [3.8, 4) is 0 Å². The number of rotatable bonds is 14. The molecule has 1 saturated heterocycles. The van der Waals surface area contributed by atoms with Gasteiger partial charge in [-0.05, 0) is 25.7 Å². The second kappa shape index (κ2) is 11.7. The van der Waals surface area contributed by atoms with Crippen molar-refractivity contribution in [2.24, 2.45) is 0 Å². The van der Waals surface area contributed by atoms with Gasteiger partial charge in [0.15, 0.2) is 0 Å². The molecule has 1 rings (SSSR count). The number of carbonyl (C=O) groups is 1. The highest BCUT2D eigenvalue weighted by atomic mass is 16.6. The minimum atomic E-state index is -0.713. The molecule has 0 bridgehead atoms. The normalized spacial score (nSPS) is 22.1. The predicted octanol–water partition coefficient (Wildman–Crippen LogP) is 4.07. The van der Waals surface area contributed by atoms with E-state index in [1.165, 1.54) is 19.3 Å². The number of carboxylic acid groups (broad SMARTS) is 1. The largest absolute Gasteiger partial charge is 0.481 e. The Kier molecular flexibility index (Phi) is 10.2. The van der Waals surface area contributed by atoms with Crippen LogP contribution >= 0.6 is 0 Å². The molecule has 0 amide bonds. The SMILES string of the molecule is CCCCC/C=C\[C@H]1O[C@@H]1[C@@H](O)CCCCCCCC(=O)O. The van der Waals surface area contributed by atoms with Crippen molar-refractivity contribution in [3.63, 3.8) is 0 Å². The number of hydrogen-bond acceptors (Lipinski definition) is 3. The van der Waals surface area contributed by atoms with Crippen molar-refractivity contribution >= 4 is 5.97 Å². The monoisotopic (exact) mass is 312 g/mol. The Morgan fingerprint density at radius 2 is 1.86 bits per heavy atom. The smallest absolute Gasteiger partial charge is 0.303 e. The summed E-state index contributed by atoms with van der Waals surface area (Å²) in [5.74, 6) is -0.713. The molecule has 1 aliphatic rings. The molecule has 0 aromatic rings. The molecular weight excluding hydrogens is 280 g/mol. The summed E-state index contributed by atoms with van der Waals surface area (Å²) >= 11 is 0. The number of allylic oxidation sites excluding steroid dienone is 1. The van der Waals surface area contributed by atoms with Crippen LogP contribution in [-0.4, -0.2) is 34.5 Å². The van der Waals surface area contributed by atoms with E-state index in [0.717, 1.165) is 44.9 Å². The molecule has 0 saturated carbocycles. The van der Waals surface area contributed by atoms with Crippen molar-refractivity contribution < 1.29 is 19.7 Å². The summed E-state index contributed by atoms with van der Waals surface area (Å²) in [6, 6.07) is 0. The van der Waals surface area contributed by atoms with Crippen molar-refractivity contribution in [3.05, 3.63) is 12.2 Å². The topological polar surface area (TPSA) is 70.1 Å². The Hall–Kier alpha value is -0.870. The van der Waals surface area contributed by atoms with Crippen LogP contribution in [0, 0.1) is 0 Å². The number of ether oxygens (including phenoxy) is 1. The first-order valence-corrected chi connectivity index (χ1v) is 8.87. The summed E-state index contributed by atoms with van der Waals surface area (Å²) in [5, 5.41) is 18.6. The molecule has 0 aromatic heterocycles. The minimum absolute atomic E-state index is 0.00515. The van der Waals surface area contributed by atoms with Gasteiger partial charge in [0.25, 0.3) is 0 Å². The molecule has 4 heteroatoms. The first-order chi connectivity index (χ1) is 10.6. The fourth-order valence-electron chi connectivity index (χ4n) is 2.67. The van der Waals surface area contributed by atoms with Crippen LogP contribution in [-0.2, 0) is 9.53 Å². The summed E-state index contributed by atoms with van der Waals surface area (Å²) in [5.41, 5.74) is 0. The van der Waals surface area contributed by atoms with Gasteiger partial charge in [-0.15, -0.1) is 0 Å². The van der Waals surface area contributed by atoms with Gasteiger partial charge in [0, 0.05) is 6.42 Å². The van der Waals surface area contributed by atoms with E-state index in [1.54, 1.807) is 0 Å². The number of aliphatic hydroxyl groups is 1. The van der Waals surface area contributed by atoms with Crippen LogP contribution in [0.2, 0.25) is 0 Å². The lowest BCUT2D eigenvalue weighted by Gasteiger charge is -2.06. The molecule has 22 heavy (non-hydrogen) atoms. The fourth-order valence-corrected chi connectivity index (χ4v) is 2.67. The standard InChI is InChI=1S/C18H32O4/c1-2-3-4-6-10-13-16-18(22-16)15(19)12-9-7-5-8-11-14-17(20)21/h10,13,15-16,18-19H,2-9,11-12,14H2,1H3,(H,20,21)/b13-10-/t15-,16+,18+/m0/s1. The van der Waals surface area contributed by atoms with E-state index in [-0.39, 0.29) is 24.7 Å². The molecule has 1 fully saturated rings. The Morgan fingerprint density at radius 1 is 1.14 bits per heavy atom. The highest BCUT2D eigenvalue weighted by Gasteiger charge is 2.41. The summed E-state index contributed by atoms with van der Waals surface area (Å²) < 4.78 is 5.51. The molecule has 0 aliphatic carbocycles. The van der Waals surface area contributed by atoms with Crippen LogP contribution < -0.4 is 0 Å². The lowest BCUT2D eigenvalue weighted by Crippen LogP contribution is -2.16. The average molecular weight is 312 g/mol. The molecule has 1 heterocycles. The molecule has 1 aliphatic heterocycles. The van der Waals surface area contributed by atoms with Crippen molar-refractivity contribution in [1.29, 1.82) is 0 Å². The number of aliphatic hydroxyl groups excluding tert-OH is 1. The van der Waals surface area contributed by atoms with E-state index in [4.69, 9.17) is 9.84 Å². The molecule has 4 nitrogen and oxygen atoms in total. The van der Waals surface area contributed by atoms with Gasteiger partial charge in [-0.2, -0.15) is 0 Å². The number of carboxylic acids is 1. The lowest BCUT2D eigenvalue weighted by molar-refractivity contribution is -0.137. The van der Waals surface area contributed by atoms with Gasteiger partial charge in [0.05, 0.1) is 6.10 Å². The maximum Gasteiger partial charge on any atom is 0.303 e. The third-order valence-corrected chi connectivity index (χ3v) is 4.13. The van der Waals surface area contributed by atoms with E-state index in [1.807, 2.05) is 0 Å². The fraction of sp³-hybridized carbons (Fsp3) is 0.833. The highest BCUT2D eigenvalue weighted by molar-refractivity contribution is 5.66. The van der Waals surface area contributed by atoms with Crippen LogP contribution in [0.4, 0.5) is 0 Å². The highest BCUT2D eigenvalue weighted by Crippen LogP contribution is 2.29. The summed E-state index contributed by atoms with van der Waals surface area (Å²) in [4.78, 5) is 10.4. The van der Waals surface area contributed by atoms with Gasteiger partial charge >= 0.3 is 5.97 Å². The summed E-state index contributed by atoms with van der Waals surface area (Å²) in [6.07, 6.45) is 14.7. The minimum Gasteiger partial charge on any atom is -0.481 e. The first-order valence-electron chi connectivity index (χ1n) is 8.87. The van der Waals surface area contributed by atoms with Crippen LogP contribution in [0.5, 0.6) is 0 Å². The third kappa shape index (κ3) is 9.21. The Balaban J connectivity index is 1.94. The molecule has 0 unspecified atom stereocenters. The van der Waals surface area contributed by atoms with Crippen LogP contribution in [0.25, 0.3) is 0 Å². The average Bonchev–Trinajstić information content (AvgIpc) is 3.25. The lowest BCUT2D eigenvalue weighted by atomic mass is 10.0. The predicted molar refractivity (Wildman–Crippen MR) is 87.9 cm³/mol. The van der Waals surface area contributed by atoms with E-state index < -0.39 is 5.97 Å². The van der Waals surface area contributed by atoms with Gasteiger partial charge in [0.1, 0.15) is 12.2 Å². The molecule has 0 aromatic carbocycles. The van der Waals surface area contributed by atoms with E-state index in [2.05, 4.69) is 19.1 Å². The summed E-state index contributed by atoms with van der Waals surface area (Å²) in [7, 11) is 0. The zero-order chi connectivity index (χ0) is 16.2. The molecule has 0 radical (unpaired) electrons. The molecule has 2 N–H and O–H groups in total. The Labute approximate surface area is 134 Å². The van der Waals surface area contributed by atoms with Crippen molar-refractivity contribution in [1.82, 2.24) is 0 Å². The maximum absolute atomic E-state index is 10.4. The third-order valence-electron chi connectivity index (χ3n) is 4.13. The molecule has 0 spiro atoms. The van der Waals surface area contributed by atoms with E-state index >= 15 is 0 Å². The number of aliphatic carboxylic acids is 1. The van der Waals surface area contributed by atoms with Gasteiger partial charge in [-0.25, -0.2) is 0 Å². The number of unbranched alkanes of at least 4 members (excludes halogenated alkanes) is 7.